The number of aromatic nitrogens is 1. The lowest BCUT2D eigenvalue weighted by Crippen LogP contribution is -2.28. The molecule has 0 aliphatic rings. The van der Waals surface area contributed by atoms with Gasteiger partial charge in [0, 0.05) is 32.6 Å². The molecule has 8 nitrogen and oxygen atoms in total. The number of benzene rings is 1. The van der Waals surface area contributed by atoms with Gasteiger partial charge in [-0.3, -0.25) is 14.6 Å². The second-order valence-electron chi connectivity index (χ2n) is 5.58. The lowest BCUT2D eigenvalue weighted by Gasteiger charge is -2.11. The molecule has 2 amide bonds. The summed E-state index contributed by atoms with van der Waals surface area (Å²) in [4.78, 5) is 28.4. The molecule has 0 fully saturated rings. The highest BCUT2D eigenvalue weighted by atomic mass is 16.5. The van der Waals surface area contributed by atoms with Crippen LogP contribution in [0.25, 0.3) is 0 Å². The number of amides is 2. The van der Waals surface area contributed by atoms with Crippen LogP contribution in [0.15, 0.2) is 36.7 Å². The van der Waals surface area contributed by atoms with E-state index < -0.39 is 0 Å². The van der Waals surface area contributed by atoms with Crippen LogP contribution in [0.5, 0.6) is 11.5 Å². The van der Waals surface area contributed by atoms with Crippen molar-refractivity contribution in [1.29, 1.82) is 0 Å². The van der Waals surface area contributed by atoms with Crippen molar-refractivity contribution in [3.63, 3.8) is 0 Å². The van der Waals surface area contributed by atoms with E-state index in [0.29, 0.717) is 42.3 Å². The quantitative estimate of drug-likeness (QED) is 0.645. The van der Waals surface area contributed by atoms with Gasteiger partial charge in [0.25, 0.3) is 11.8 Å². The fraction of sp³-hybridized carbons (Fsp3) is 0.316. The number of hydrogen-bond donors (Lipinski definition) is 2. The van der Waals surface area contributed by atoms with Crippen LogP contribution in [0.4, 0.5) is 0 Å². The summed E-state index contributed by atoms with van der Waals surface area (Å²) in [5.41, 5.74) is 1.46. The highest BCUT2D eigenvalue weighted by Gasteiger charge is 2.12. The van der Waals surface area contributed by atoms with Gasteiger partial charge < -0.3 is 24.8 Å². The molecule has 2 rings (SSSR count). The summed E-state index contributed by atoms with van der Waals surface area (Å²) in [6.45, 7) is 1.08. The Balaban J connectivity index is 2.00. The van der Waals surface area contributed by atoms with Crippen LogP contribution in [0.2, 0.25) is 0 Å². The number of nitrogens with one attached hydrogen (secondary N) is 2. The van der Waals surface area contributed by atoms with Gasteiger partial charge in [-0.2, -0.15) is 0 Å². The molecule has 0 bridgehead atoms. The molecule has 0 saturated carbocycles. The van der Waals surface area contributed by atoms with Gasteiger partial charge in [0.05, 0.1) is 32.0 Å². The van der Waals surface area contributed by atoms with Crippen molar-refractivity contribution < 1.29 is 23.8 Å². The first-order valence-electron chi connectivity index (χ1n) is 8.30. The Hall–Kier alpha value is -3.13. The standard InChI is InChI=1S/C19H23N3O5/c1-25-7-6-21-18(23)14-9-15(12-20-11-14)19(24)22-10-13-4-5-16(26-2)17(8-13)27-3/h4-5,8-9,11-12H,6-7,10H2,1-3H3,(H,21,23)(H,22,24). The monoisotopic (exact) mass is 373 g/mol. The third-order valence-electron chi connectivity index (χ3n) is 3.76. The van der Waals surface area contributed by atoms with E-state index in [1.54, 1.807) is 33.5 Å². The van der Waals surface area contributed by atoms with E-state index in [-0.39, 0.29) is 11.8 Å². The highest BCUT2D eigenvalue weighted by Crippen LogP contribution is 2.27. The zero-order chi connectivity index (χ0) is 19.6. The van der Waals surface area contributed by atoms with E-state index in [4.69, 9.17) is 14.2 Å². The Morgan fingerprint density at radius 1 is 0.926 bits per heavy atom. The summed E-state index contributed by atoms with van der Waals surface area (Å²) in [5.74, 6) is 0.558. The van der Waals surface area contributed by atoms with Gasteiger partial charge in [0.1, 0.15) is 0 Å². The Bertz CT molecular complexity index is 795. The number of pyridine rings is 1. The Morgan fingerprint density at radius 3 is 2.22 bits per heavy atom. The SMILES string of the molecule is COCCNC(=O)c1cncc(C(=O)NCc2ccc(OC)c(OC)c2)c1. The molecule has 0 aliphatic carbocycles. The number of ether oxygens (including phenoxy) is 3. The smallest absolute Gasteiger partial charge is 0.253 e. The van der Waals surface area contributed by atoms with E-state index in [2.05, 4.69) is 15.6 Å². The number of hydrogen-bond acceptors (Lipinski definition) is 6. The maximum atomic E-state index is 12.4. The molecular weight excluding hydrogens is 350 g/mol. The van der Waals surface area contributed by atoms with Crippen molar-refractivity contribution in [3.8, 4) is 11.5 Å². The number of rotatable bonds is 9. The average molecular weight is 373 g/mol. The Labute approximate surface area is 157 Å². The second kappa shape index (κ2) is 10.1. The molecule has 0 aliphatic heterocycles. The Morgan fingerprint density at radius 2 is 1.59 bits per heavy atom. The van der Waals surface area contributed by atoms with E-state index in [1.807, 2.05) is 6.07 Å². The van der Waals surface area contributed by atoms with Crippen LogP contribution < -0.4 is 20.1 Å². The van der Waals surface area contributed by atoms with Gasteiger partial charge in [-0.15, -0.1) is 0 Å². The molecule has 0 saturated heterocycles. The summed E-state index contributed by atoms with van der Waals surface area (Å²) in [5, 5.41) is 5.48. The molecule has 0 spiro atoms. The minimum atomic E-state index is -0.330. The third-order valence-corrected chi connectivity index (χ3v) is 3.76. The van der Waals surface area contributed by atoms with Crippen LogP contribution in [0.1, 0.15) is 26.3 Å². The molecule has 0 atom stereocenters. The number of carbonyl (C=O) groups is 2. The van der Waals surface area contributed by atoms with Crippen molar-refractivity contribution in [2.24, 2.45) is 0 Å². The largest absolute Gasteiger partial charge is 0.493 e. The lowest BCUT2D eigenvalue weighted by molar-refractivity contribution is 0.0936. The van der Waals surface area contributed by atoms with Crippen LogP contribution >= 0.6 is 0 Å². The van der Waals surface area contributed by atoms with Crippen LogP contribution in [0, 0.1) is 0 Å². The molecule has 1 heterocycles. The second-order valence-corrected chi connectivity index (χ2v) is 5.58. The molecule has 8 heteroatoms. The topological polar surface area (TPSA) is 98.8 Å². The minimum absolute atomic E-state index is 0.295. The van der Waals surface area contributed by atoms with Crippen molar-refractivity contribution in [1.82, 2.24) is 15.6 Å². The summed E-state index contributed by atoms with van der Waals surface area (Å²) < 4.78 is 15.3. The van der Waals surface area contributed by atoms with Crippen molar-refractivity contribution in [2.45, 2.75) is 6.54 Å². The number of nitrogens with zero attached hydrogens (tertiary/aromatic N) is 1. The third kappa shape index (κ3) is 5.68. The lowest BCUT2D eigenvalue weighted by atomic mass is 10.1. The van der Waals surface area contributed by atoms with Gasteiger partial charge in [-0.25, -0.2) is 0 Å². The first-order valence-corrected chi connectivity index (χ1v) is 8.30. The summed E-state index contributed by atoms with van der Waals surface area (Å²) in [6.07, 6.45) is 2.82. The van der Waals surface area contributed by atoms with Crippen LogP contribution in [-0.2, 0) is 11.3 Å². The van der Waals surface area contributed by atoms with Gasteiger partial charge in [-0.05, 0) is 23.8 Å². The van der Waals surface area contributed by atoms with E-state index in [1.165, 1.54) is 18.5 Å². The summed E-state index contributed by atoms with van der Waals surface area (Å²) in [7, 11) is 4.66. The molecular formula is C19H23N3O5. The van der Waals surface area contributed by atoms with E-state index >= 15 is 0 Å². The van der Waals surface area contributed by atoms with Crippen LogP contribution in [-0.4, -0.2) is 51.3 Å². The molecule has 144 valence electrons. The fourth-order valence-electron chi connectivity index (χ4n) is 2.33. The zero-order valence-electron chi connectivity index (χ0n) is 15.6. The molecule has 27 heavy (non-hydrogen) atoms. The maximum Gasteiger partial charge on any atom is 0.253 e. The van der Waals surface area contributed by atoms with Crippen molar-refractivity contribution in [3.05, 3.63) is 53.3 Å². The highest BCUT2D eigenvalue weighted by molar-refractivity contribution is 5.99. The van der Waals surface area contributed by atoms with Crippen LogP contribution in [0.3, 0.4) is 0 Å². The molecule has 0 radical (unpaired) electrons. The van der Waals surface area contributed by atoms with Gasteiger partial charge in [0.15, 0.2) is 11.5 Å². The van der Waals surface area contributed by atoms with Gasteiger partial charge >= 0.3 is 0 Å². The molecule has 0 unspecified atom stereocenters. The van der Waals surface area contributed by atoms with E-state index in [9.17, 15) is 9.59 Å². The van der Waals surface area contributed by atoms with Crippen molar-refractivity contribution in [2.75, 3.05) is 34.5 Å². The number of carbonyl (C=O) groups excluding carboxylic acids is 2. The molecule has 1 aromatic carbocycles. The van der Waals surface area contributed by atoms with E-state index in [0.717, 1.165) is 5.56 Å². The van der Waals surface area contributed by atoms with Gasteiger partial charge in [-0.1, -0.05) is 6.07 Å². The molecule has 1 aromatic heterocycles. The number of methoxy groups -OCH3 is 3. The zero-order valence-corrected chi connectivity index (χ0v) is 15.6. The summed E-state index contributed by atoms with van der Waals surface area (Å²) >= 11 is 0. The summed E-state index contributed by atoms with van der Waals surface area (Å²) in [6, 6.07) is 6.89. The molecule has 2 aromatic rings. The first-order chi connectivity index (χ1) is 13.1. The predicted molar refractivity (Wildman–Crippen MR) is 99.2 cm³/mol. The fourth-order valence-corrected chi connectivity index (χ4v) is 2.33. The van der Waals surface area contributed by atoms with Crippen molar-refractivity contribution >= 4 is 11.8 Å². The average Bonchev–Trinajstić information content (AvgIpc) is 2.71. The van der Waals surface area contributed by atoms with Gasteiger partial charge in [0.2, 0.25) is 0 Å². The Kier molecular flexibility index (Phi) is 7.57. The molecule has 2 N–H and O–H groups in total. The first kappa shape index (κ1) is 20.2. The minimum Gasteiger partial charge on any atom is -0.493 e. The predicted octanol–water partition coefficient (Wildman–Crippen LogP) is 1.40. The normalized spacial score (nSPS) is 10.2. The maximum absolute atomic E-state index is 12.4.